The molecule has 36 heavy (non-hydrogen) atoms. The molecule has 2 aliphatic rings. The topological polar surface area (TPSA) is 99.2 Å². The first-order chi connectivity index (χ1) is 17.6. The zero-order chi connectivity index (χ0) is 24.6. The van der Waals surface area contributed by atoms with Gasteiger partial charge in [0.15, 0.2) is 5.65 Å². The highest BCUT2D eigenvalue weighted by atomic mass is 16.5. The Morgan fingerprint density at radius 1 is 1.06 bits per heavy atom. The quantitative estimate of drug-likeness (QED) is 0.393. The number of nitrogens with zero attached hydrogens (tertiary/aromatic N) is 5. The number of ether oxygens (including phenoxy) is 1. The molecule has 3 heterocycles. The third-order valence-corrected chi connectivity index (χ3v) is 6.94. The fourth-order valence-corrected chi connectivity index (χ4v) is 5.33. The number of rotatable bonds is 5. The molecule has 8 heteroatoms. The molecule has 4 aromatic rings. The lowest BCUT2D eigenvalue weighted by molar-refractivity contribution is -0.124. The van der Waals surface area contributed by atoms with Gasteiger partial charge in [-0.1, -0.05) is 24.8 Å². The average Bonchev–Trinajstić information content (AvgIpc) is 3.52. The van der Waals surface area contributed by atoms with Crippen LogP contribution < -0.4 is 10.5 Å². The standard InChI is InChI=1S/C28H26N6O2/c1-2-24(35)33-16-6-9-21-22(33)14-15-23(21)34-28-25(27(29)30-17-31-28)26(32-34)18-10-12-20(13-11-18)36-19-7-4-3-5-8-19/h2-5,7-8,10-13,17,23H,1,6,9,14-16H2,(H2,29,30,31). The van der Waals surface area contributed by atoms with E-state index in [-0.39, 0.29) is 11.9 Å². The second-order valence-electron chi connectivity index (χ2n) is 9.01. The van der Waals surface area contributed by atoms with Crippen molar-refractivity contribution in [3.63, 3.8) is 0 Å². The van der Waals surface area contributed by atoms with Crippen molar-refractivity contribution in [2.45, 2.75) is 31.7 Å². The smallest absolute Gasteiger partial charge is 0.250 e. The molecule has 2 aromatic heterocycles. The number of fused-ring (bicyclic) bond motifs is 1. The molecule has 0 fully saturated rings. The highest BCUT2D eigenvalue weighted by Gasteiger charge is 2.36. The number of anilines is 1. The van der Waals surface area contributed by atoms with Gasteiger partial charge >= 0.3 is 0 Å². The molecule has 0 radical (unpaired) electrons. The molecule has 1 aliphatic carbocycles. The maximum Gasteiger partial charge on any atom is 0.250 e. The molecule has 0 saturated carbocycles. The number of allylic oxidation sites excluding steroid dienone is 2. The average molecular weight is 479 g/mol. The molecule has 1 atom stereocenters. The van der Waals surface area contributed by atoms with Gasteiger partial charge in [0, 0.05) is 17.8 Å². The lowest BCUT2D eigenvalue weighted by Crippen LogP contribution is -2.32. The second-order valence-corrected chi connectivity index (χ2v) is 9.01. The molecule has 1 aliphatic heterocycles. The monoisotopic (exact) mass is 478 g/mol. The van der Waals surface area contributed by atoms with Crippen molar-refractivity contribution in [3.05, 3.63) is 84.8 Å². The van der Waals surface area contributed by atoms with Crippen molar-refractivity contribution in [1.82, 2.24) is 24.6 Å². The molecule has 2 aromatic carbocycles. The van der Waals surface area contributed by atoms with Gasteiger partial charge in [-0.3, -0.25) is 4.79 Å². The Morgan fingerprint density at radius 2 is 1.83 bits per heavy atom. The van der Waals surface area contributed by atoms with E-state index >= 15 is 0 Å². The molecular weight excluding hydrogens is 452 g/mol. The molecule has 0 spiro atoms. The summed E-state index contributed by atoms with van der Waals surface area (Å²) in [6.07, 6.45) is 6.40. The minimum atomic E-state index is -0.0433. The molecule has 180 valence electrons. The Bertz CT molecular complexity index is 1490. The van der Waals surface area contributed by atoms with Gasteiger partial charge in [0.25, 0.3) is 0 Å². The third kappa shape index (κ3) is 3.71. The normalized spacial score (nSPS) is 17.3. The summed E-state index contributed by atoms with van der Waals surface area (Å²) >= 11 is 0. The van der Waals surface area contributed by atoms with Crippen molar-refractivity contribution >= 4 is 22.8 Å². The van der Waals surface area contributed by atoms with Gasteiger partial charge in [0.2, 0.25) is 5.91 Å². The van der Waals surface area contributed by atoms with Crippen molar-refractivity contribution in [3.8, 4) is 22.8 Å². The van der Waals surface area contributed by atoms with Crippen LogP contribution in [-0.4, -0.2) is 37.1 Å². The van der Waals surface area contributed by atoms with Gasteiger partial charge in [-0.15, -0.1) is 0 Å². The maximum atomic E-state index is 12.4. The second kappa shape index (κ2) is 8.96. The predicted molar refractivity (Wildman–Crippen MR) is 138 cm³/mol. The number of hydrogen-bond donors (Lipinski definition) is 1. The molecule has 1 amide bonds. The Kier molecular flexibility index (Phi) is 5.48. The van der Waals surface area contributed by atoms with Crippen LogP contribution in [0.5, 0.6) is 11.5 Å². The van der Waals surface area contributed by atoms with Crippen LogP contribution in [0.2, 0.25) is 0 Å². The van der Waals surface area contributed by atoms with E-state index in [4.69, 9.17) is 15.6 Å². The van der Waals surface area contributed by atoms with Gasteiger partial charge in [-0.25, -0.2) is 14.6 Å². The predicted octanol–water partition coefficient (Wildman–Crippen LogP) is 5.27. The number of amides is 1. The van der Waals surface area contributed by atoms with Crippen molar-refractivity contribution < 1.29 is 9.53 Å². The molecule has 2 N–H and O–H groups in total. The zero-order valence-electron chi connectivity index (χ0n) is 19.8. The van der Waals surface area contributed by atoms with E-state index in [1.54, 1.807) is 0 Å². The highest BCUT2D eigenvalue weighted by Crippen LogP contribution is 2.44. The Hall–Kier alpha value is -4.46. The number of para-hydroxylation sites is 1. The largest absolute Gasteiger partial charge is 0.457 e. The van der Waals surface area contributed by atoms with E-state index in [0.717, 1.165) is 66.1 Å². The van der Waals surface area contributed by atoms with Gasteiger partial charge in [-0.2, -0.15) is 5.10 Å². The van der Waals surface area contributed by atoms with E-state index in [0.29, 0.717) is 11.5 Å². The van der Waals surface area contributed by atoms with Crippen LogP contribution in [0, 0.1) is 0 Å². The number of nitrogen functional groups attached to an aromatic ring is 1. The summed E-state index contributed by atoms with van der Waals surface area (Å²) in [6.45, 7) is 4.40. The lowest BCUT2D eigenvalue weighted by atomic mass is 10.0. The van der Waals surface area contributed by atoms with E-state index in [2.05, 4.69) is 16.5 Å². The van der Waals surface area contributed by atoms with Gasteiger partial charge in [0.1, 0.15) is 29.3 Å². The van der Waals surface area contributed by atoms with Crippen LogP contribution in [-0.2, 0) is 4.79 Å². The number of carbonyl (C=O) groups excluding carboxylic acids is 1. The lowest BCUT2D eigenvalue weighted by Gasteiger charge is -2.29. The third-order valence-electron chi connectivity index (χ3n) is 6.94. The summed E-state index contributed by atoms with van der Waals surface area (Å²) < 4.78 is 7.92. The number of nitrogens with two attached hydrogens (primary N) is 1. The Labute approximate surface area is 208 Å². The Balaban J connectivity index is 1.39. The summed E-state index contributed by atoms with van der Waals surface area (Å²) in [5.41, 5.74) is 11.0. The highest BCUT2D eigenvalue weighted by molar-refractivity contribution is 5.98. The van der Waals surface area contributed by atoms with Crippen LogP contribution in [0.3, 0.4) is 0 Å². The van der Waals surface area contributed by atoms with Crippen molar-refractivity contribution in [2.75, 3.05) is 12.3 Å². The van der Waals surface area contributed by atoms with Crippen molar-refractivity contribution in [2.24, 2.45) is 0 Å². The molecule has 1 unspecified atom stereocenters. The molecule has 6 rings (SSSR count). The van der Waals surface area contributed by atoms with Crippen LogP contribution in [0.1, 0.15) is 31.7 Å². The van der Waals surface area contributed by atoms with E-state index in [9.17, 15) is 4.79 Å². The maximum absolute atomic E-state index is 12.4. The zero-order valence-corrected chi connectivity index (χ0v) is 19.8. The van der Waals surface area contributed by atoms with Crippen LogP contribution in [0.25, 0.3) is 22.3 Å². The first-order valence-electron chi connectivity index (χ1n) is 12.1. The minimum Gasteiger partial charge on any atom is -0.457 e. The first kappa shape index (κ1) is 22.0. The SMILES string of the molecule is C=CC(=O)N1CCCC2=C1CCC2n1nc(-c2ccc(Oc3ccccc3)cc2)c2c(N)ncnc21. The van der Waals surface area contributed by atoms with E-state index in [1.165, 1.54) is 18.0 Å². The fraction of sp³-hybridized carbons (Fsp3) is 0.214. The summed E-state index contributed by atoms with van der Waals surface area (Å²) in [7, 11) is 0. The molecule has 0 bridgehead atoms. The summed E-state index contributed by atoms with van der Waals surface area (Å²) in [4.78, 5) is 23.1. The molecular formula is C28H26N6O2. The molecule has 8 nitrogen and oxygen atoms in total. The summed E-state index contributed by atoms with van der Waals surface area (Å²) in [5, 5.41) is 5.77. The van der Waals surface area contributed by atoms with E-state index < -0.39 is 0 Å². The van der Waals surface area contributed by atoms with Gasteiger partial charge in [0.05, 0.1) is 11.4 Å². The van der Waals surface area contributed by atoms with E-state index in [1.807, 2.05) is 64.2 Å². The fourth-order valence-electron chi connectivity index (χ4n) is 5.33. The minimum absolute atomic E-state index is 0.0200. The number of hydrogen-bond acceptors (Lipinski definition) is 6. The summed E-state index contributed by atoms with van der Waals surface area (Å²) in [6, 6.07) is 17.5. The van der Waals surface area contributed by atoms with Crippen LogP contribution in [0.4, 0.5) is 5.82 Å². The summed E-state index contributed by atoms with van der Waals surface area (Å²) in [5.74, 6) is 1.86. The number of aromatic nitrogens is 4. The van der Waals surface area contributed by atoms with Crippen molar-refractivity contribution in [1.29, 1.82) is 0 Å². The van der Waals surface area contributed by atoms with Gasteiger partial charge in [-0.05, 0) is 73.7 Å². The van der Waals surface area contributed by atoms with Gasteiger partial charge < -0.3 is 15.4 Å². The van der Waals surface area contributed by atoms with Crippen LogP contribution >= 0.6 is 0 Å². The number of carbonyl (C=O) groups is 1. The first-order valence-corrected chi connectivity index (χ1v) is 12.1. The molecule has 0 saturated heterocycles. The van der Waals surface area contributed by atoms with Crippen LogP contribution in [0.15, 0.2) is 84.8 Å². The number of benzene rings is 2. The Morgan fingerprint density at radius 3 is 2.61 bits per heavy atom.